The molecular formula is C22H27F3N4O4. The lowest BCUT2D eigenvalue weighted by Crippen LogP contribution is -2.45. The van der Waals surface area contributed by atoms with Crippen molar-refractivity contribution in [2.75, 3.05) is 11.9 Å². The lowest BCUT2D eigenvalue weighted by atomic mass is 9.89. The third-order valence-corrected chi connectivity index (χ3v) is 5.35. The Balaban J connectivity index is 1.57. The molecule has 0 aliphatic heterocycles. The molecule has 2 aromatic rings. The standard InChI is InChI=1S/C22H27F3N4O4/c1-15(30)28-21(11-4-2-3-5-12-21)20-27-19(33-29-20)10-9-18(31)26-16-7-6-8-17(13-16)32-14-22(23,24)25/h6-8,13H,2-5,9-12,14H2,1H3,(H,26,31)(H,28,30). The van der Waals surface area contributed by atoms with Crippen LogP contribution in [0.4, 0.5) is 18.9 Å². The van der Waals surface area contributed by atoms with E-state index < -0.39 is 18.3 Å². The maximum atomic E-state index is 12.3. The summed E-state index contributed by atoms with van der Waals surface area (Å²) in [4.78, 5) is 28.5. The first-order valence-corrected chi connectivity index (χ1v) is 10.9. The van der Waals surface area contributed by atoms with Gasteiger partial charge in [0, 0.05) is 31.5 Å². The molecule has 8 nitrogen and oxygen atoms in total. The van der Waals surface area contributed by atoms with Gasteiger partial charge in [0.05, 0.1) is 0 Å². The van der Waals surface area contributed by atoms with E-state index in [0.717, 1.165) is 38.5 Å². The molecule has 1 heterocycles. The van der Waals surface area contributed by atoms with Crippen molar-refractivity contribution in [2.24, 2.45) is 0 Å². The lowest BCUT2D eigenvalue weighted by Gasteiger charge is -2.30. The molecule has 3 rings (SSSR count). The number of aryl methyl sites for hydroxylation is 1. The highest BCUT2D eigenvalue weighted by atomic mass is 19.4. The molecule has 1 aromatic heterocycles. The summed E-state index contributed by atoms with van der Waals surface area (Å²) in [7, 11) is 0. The molecule has 0 spiro atoms. The van der Waals surface area contributed by atoms with Gasteiger partial charge in [-0.3, -0.25) is 9.59 Å². The van der Waals surface area contributed by atoms with Crippen molar-refractivity contribution in [3.8, 4) is 5.75 Å². The van der Waals surface area contributed by atoms with E-state index in [1.54, 1.807) is 6.07 Å². The molecule has 2 N–H and O–H groups in total. The van der Waals surface area contributed by atoms with Crippen molar-refractivity contribution in [3.05, 3.63) is 36.0 Å². The Hall–Kier alpha value is -3.11. The number of hydrogen-bond acceptors (Lipinski definition) is 6. The number of nitrogens with one attached hydrogen (secondary N) is 2. The minimum atomic E-state index is -4.45. The third kappa shape index (κ3) is 7.47. The molecule has 1 aromatic carbocycles. The maximum absolute atomic E-state index is 12.3. The monoisotopic (exact) mass is 468 g/mol. The van der Waals surface area contributed by atoms with Gasteiger partial charge < -0.3 is 19.9 Å². The number of alkyl halides is 3. The van der Waals surface area contributed by atoms with Crippen LogP contribution in [0.15, 0.2) is 28.8 Å². The smallest absolute Gasteiger partial charge is 0.422 e. The number of hydrogen-bond donors (Lipinski definition) is 2. The predicted octanol–water partition coefficient (Wildman–Crippen LogP) is 4.27. The number of anilines is 1. The molecule has 0 unspecified atom stereocenters. The first-order chi connectivity index (χ1) is 15.7. The Kier molecular flexibility index (Phi) is 7.93. The molecule has 1 fully saturated rings. The zero-order valence-corrected chi connectivity index (χ0v) is 18.3. The molecule has 33 heavy (non-hydrogen) atoms. The van der Waals surface area contributed by atoms with Crippen LogP contribution in [0, 0.1) is 0 Å². The van der Waals surface area contributed by atoms with Gasteiger partial charge in [-0.2, -0.15) is 18.2 Å². The van der Waals surface area contributed by atoms with Gasteiger partial charge in [0.25, 0.3) is 0 Å². The van der Waals surface area contributed by atoms with Gasteiger partial charge in [0.2, 0.25) is 17.7 Å². The van der Waals surface area contributed by atoms with Crippen molar-refractivity contribution in [1.82, 2.24) is 15.5 Å². The van der Waals surface area contributed by atoms with E-state index in [-0.39, 0.29) is 36.3 Å². The number of nitrogens with zero attached hydrogens (tertiary/aromatic N) is 2. The van der Waals surface area contributed by atoms with Crippen molar-refractivity contribution in [3.63, 3.8) is 0 Å². The quantitative estimate of drug-likeness (QED) is 0.561. The van der Waals surface area contributed by atoms with E-state index in [9.17, 15) is 22.8 Å². The Morgan fingerprint density at radius 1 is 1.18 bits per heavy atom. The fraction of sp³-hybridized carbons (Fsp3) is 0.545. The van der Waals surface area contributed by atoms with Gasteiger partial charge in [-0.05, 0) is 25.0 Å². The highest BCUT2D eigenvalue weighted by molar-refractivity contribution is 5.90. The van der Waals surface area contributed by atoms with Gasteiger partial charge >= 0.3 is 6.18 Å². The molecule has 180 valence electrons. The van der Waals surface area contributed by atoms with Gasteiger partial charge in [0.1, 0.15) is 11.3 Å². The summed E-state index contributed by atoms with van der Waals surface area (Å²) in [5.41, 5.74) is -0.350. The summed E-state index contributed by atoms with van der Waals surface area (Å²) in [5.74, 6) is 0.164. The maximum Gasteiger partial charge on any atom is 0.422 e. The second kappa shape index (κ2) is 10.7. The second-order valence-electron chi connectivity index (χ2n) is 8.17. The van der Waals surface area contributed by atoms with Crippen LogP contribution in [0.1, 0.15) is 63.6 Å². The summed E-state index contributed by atoms with van der Waals surface area (Å²) in [6, 6.07) is 5.73. The van der Waals surface area contributed by atoms with E-state index in [0.29, 0.717) is 11.5 Å². The third-order valence-electron chi connectivity index (χ3n) is 5.35. The van der Waals surface area contributed by atoms with Crippen molar-refractivity contribution < 1.29 is 32.0 Å². The van der Waals surface area contributed by atoms with Crippen LogP contribution in [-0.2, 0) is 21.5 Å². The number of aromatic nitrogens is 2. The van der Waals surface area contributed by atoms with E-state index in [2.05, 4.69) is 25.5 Å². The first-order valence-electron chi connectivity index (χ1n) is 10.9. The number of halogens is 3. The Labute approximate surface area is 189 Å². The Morgan fingerprint density at radius 3 is 2.58 bits per heavy atom. The molecule has 11 heteroatoms. The molecule has 1 aliphatic rings. The number of benzene rings is 1. The van der Waals surface area contributed by atoms with Crippen LogP contribution >= 0.6 is 0 Å². The molecule has 2 amide bonds. The molecule has 1 aliphatic carbocycles. The zero-order chi connectivity index (χ0) is 23.9. The Morgan fingerprint density at radius 2 is 1.91 bits per heavy atom. The fourth-order valence-corrected chi connectivity index (χ4v) is 3.90. The normalized spacial score (nSPS) is 16.0. The first kappa shape index (κ1) is 24.5. The van der Waals surface area contributed by atoms with Crippen molar-refractivity contribution >= 4 is 17.5 Å². The molecule has 0 radical (unpaired) electrons. The summed E-state index contributed by atoms with van der Waals surface area (Å²) in [6.45, 7) is 0.0466. The van der Waals surface area contributed by atoms with Crippen LogP contribution in [0.3, 0.4) is 0 Å². The molecule has 0 atom stereocenters. The molecule has 0 saturated heterocycles. The fourth-order valence-electron chi connectivity index (χ4n) is 3.90. The van der Waals surface area contributed by atoms with Gasteiger partial charge in [-0.25, -0.2) is 0 Å². The zero-order valence-electron chi connectivity index (χ0n) is 18.3. The van der Waals surface area contributed by atoms with Crippen LogP contribution in [-0.4, -0.2) is 34.7 Å². The number of amides is 2. The Bertz CT molecular complexity index is 953. The summed E-state index contributed by atoms with van der Waals surface area (Å²) in [6.07, 6.45) is 1.25. The summed E-state index contributed by atoms with van der Waals surface area (Å²) >= 11 is 0. The SMILES string of the molecule is CC(=O)NC1(c2noc(CCC(=O)Nc3cccc(OCC(F)(F)F)c3)n2)CCCCCC1. The number of ether oxygens (including phenoxy) is 1. The summed E-state index contributed by atoms with van der Waals surface area (Å²) in [5, 5.41) is 9.70. The van der Waals surface area contributed by atoms with Gasteiger partial charge in [-0.1, -0.05) is 36.9 Å². The predicted molar refractivity (Wildman–Crippen MR) is 112 cm³/mol. The molecule has 1 saturated carbocycles. The van der Waals surface area contributed by atoms with Crippen LogP contribution in [0.25, 0.3) is 0 Å². The van der Waals surface area contributed by atoms with E-state index in [1.165, 1.54) is 25.1 Å². The van der Waals surface area contributed by atoms with E-state index in [1.807, 2.05) is 0 Å². The average molecular weight is 468 g/mol. The van der Waals surface area contributed by atoms with Crippen LogP contribution < -0.4 is 15.4 Å². The van der Waals surface area contributed by atoms with E-state index >= 15 is 0 Å². The van der Waals surface area contributed by atoms with Crippen LogP contribution in [0.5, 0.6) is 5.75 Å². The number of carbonyl (C=O) groups excluding carboxylic acids is 2. The van der Waals surface area contributed by atoms with Crippen molar-refractivity contribution in [2.45, 2.75) is 70.0 Å². The minimum absolute atomic E-state index is 0.00154. The lowest BCUT2D eigenvalue weighted by molar-refractivity contribution is -0.153. The highest BCUT2D eigenvalue weighted by Gasteiger charge is 2.38. The van der Waals surface area contributed by atoms with Gasteiger partial charge in [-0.15, -0.1) is 0 Å². The molecular weight excluding hydrogens is 441 g/mol. The number of carbonyl (C=O) groups is 2. The number of rotatable bonds is 8. The van der Waals surface area contributed by atoms with Crippen molar-refractivity contribution in [1.29, 1.82) is 0 Å². The minimum Gasteiger partial charge on any atom is -0.484 e. The largest absolute Gasteiger partial charge is 0.484 e. The average Bonchev–Trinajstić information content (AvgIpc) is 3.10. The molecule has 0 bridgehead atoms. The van der Waals surface area contributed by atoms with Gasteiger partial charge in [0.15, 0.2) is 12.4 Å². The van der Waals surface area contributed by atoms with E-state index in [4.69, 9.17) is 4.52 Å². The highest BCUT2D eigenvalue weighted by Crippen LogP contribution is 2.34. The topological polar surface area (TPSA) is 106 Å². The second-order valence-corrected chi connectivity index (χ2v) is 8.17. The summed E-state index contributed by atoms with van der Waals surface area (Å²) < 4.78 is 46.9. The van der Waals surface area contributed by atoms with Crippen LogP contribution in [0.2, 0.25) is 0 Å².